The maximum absolute atomic E-state index is 12.5. The number of amides is 1. The van der Waals surface area contributed by atoms with Crippen molar-refractivity contribution < 1.29 is 31.1 Å². The SMILES string of the molecule is O=C(CSc1nccc(C(F)(F)F)n1)Nc1ccc(C(F)(F)F)cc1. The van der Waals surface area contributed by atoms with Crippen LogP contribution in [0.4, 0.5) is 32.0 Å². The average molecular weight is 381 g/mol. The Balaban J connectivity index is 1.93. The van der Waals surface area contributed by atoms with Crippen LogP contribution >= 0.6 is 11.8 Å². The second kappa shape index (κ2) is 7.30. The number of hydrogen-bond acceptors (Lipinski definition) is 4. The Kier molecular flexibility index (Phi) is 5.55. The zero-order chi connectivity index (χ0) is 18.7. The second-order valence-corrected chi connectivity index (χ2v) is 5.58. The third-order valence-corrected chi connectivity index (χ3v) is 3.61. The van der Waals surface area contributed by atoms with Crippen molar-refractivity contribution >= 4 is 23.4 Å². The van der Waals surface area contributed by atoms with Gasteiger partial charge in [-0.3, -0.25) is 4.79 Å². The van der Waals surface area contributed by atoms with Gasteiger partial charge in [0.1, 0.15) is 5.69 Å². The van der Waals surface area contributed by atoms with Crippen LogP contribution in [-0.4, -0.2) is 21.6 Å². The number of alkyl halides is 6. The lowest BCUT2D eigenvalue weighted by Crippen LogP contribution is -2.15. The molecular weight excluding hydrogens is 372 g/mol. The van der Waals surface area contributed by atoms with E-state index in [1.165, 1.54) is 0 Å². The summed E-state index contributed by atoms with van der Waals surface area (Å²) in [5, 5.41) is 2.09. The molecule has 1 amide bonds. The summed E-state index contributed by atoms with van der Waals surface area (Å²) in [5.74, 6) is -0.923. The van der Waals surface area contributed by atoms with Gasteiger partial charge in [0, 0.05) is 11.9 Å². The maximum Gasteiger partial charge on any atom is 0.433 e. The third kappa shape index (κ3) is 5.62. The Labute approximate surface area is 141 Å². The zero-order valence-electron chi connectivity index (χ0n) is 12.1. The van der Waals surface area contributed by atoms with Crippen molar-refractivity contribution in [3.8, 4) is 0 Å². The van der Waals surface area contributed by atoms with Gasteiger partial charge in [-0.2, -0.15) is 26.3 Å². The molecule has 0 aliphatic heterocycles. The molecule has 2 aromatic rings. The van der Waals surface area contributed by atoms with Gasteiger partial charge in [-0.25, -0.2) is 9.97 Å². The van der Waals surface area contributed by atoms with Gasteiger partial charge < -0.3 is 5.32 Å². The quantitative estimate of drug-likeness (QED) is 0.489. The number of rotatable bonds is 4. The molecule has 11 heteroatoms. The molecule has 0 bridgehead atoms. The number of carbonyl (C=O) groups excluding carboxylic acids is 1. The molecule has 0 fully saturated rings. The summed E-state index contributed by atoms with van der Waals surface area (Å²) >= 11 is 0.671. The molecule has 1 aromatic heterocycles. The molecular formula is C14H9F6N3OS. The highest BCUT2D eigenvalue weighted by atomic mass is 32.2. The standard InChI is InChI=1S/C14H9F6N3OS/c15-13(16,17)8-1-3-9(4-2-8)22-11(24)7-25-12-21-6-5-10(23-12)14(18,19)20/h1-6H,7H2,(H,22,24). The van der Waals surface area contributed by atoms with Crippen molar-refractivity contribution in [3.05, 3.63) is 47.8 Å². The zero-order valence-corrected chi connectivity index (χ0v) is 13.0. The number of halogens is 6. The van der Waals surface area contributed by atoms with E-state index < -0.39 is 29.5 Å². The molecule has 1 heterocycles. The van der Waals surface area contributed by atoms with Gasteiger partial charge in [-0.05, 0) is 30.3 Å². The number of anilines is 1. The molecule has 4 nitrogen and oxygen atoms in total. The van der Waals surface area contributed by atoms with Crippen molar-refractivity contribution in [3.63, 3.8) is 0 Å². The molecule has 0 aliphatic carbocycles. The summed E-state index contributed by atoms with van der Waals surface area (Å²) in [4.78, 5) is 18.6. The molecule has 0 radical (unpaired) electrons. The molecule has 25 heavy (non-hydrogen) atoms. The molecule has 0 saturated carbocycles. The molecule has 0 spiro atoms. The van der Waals surface area contributed by atoms with E-state index in [0.29, 0.717) is 17.8 Å². The summed E-state index contributed by atoms with van der Waals surface area (Å²) in [5.41, 5.74) is -1.87. The summed E-state index contributed by atoms with van der Waals surface area (Å²) in [6, 6.07) is 4.46. The van der Waals surface area contributed by atoms with E-state index in [4.69, 9.17) is 0 Å². The van der Waals surface area contributed by atoms with Crippen LogP contribution in [0.15, 0.2) is 41.7 Å². The maximum atomic E-state index is 12.5. The molecule has 0 saturated heterocycles. The predicted octanol–water partition coefficient (Wildman–Crippen LogP) is 4.25. The number of carbonyl (C=O) groups is 1. The van der Waals surface area contributed by atoms with Crippen LogP contribution in [0.2, 0.25) is 0 Å². The van der Waals surface area contributed by atoms with Gasteiger partial charge in [0.15, 0.2) is 5.16 Å². The van der Waals surface area contributed by atoms with E-state index in [-0.39, 0.29) is 16.6 Å². The number of aromatic nitrogens is 2. The van der Waals surface area contributed by atoms with E-state index in [9.17, 15) is 31.1 Å². The lowest BCUT2D eigenvalue weighted by molar-refractivity contribution is -0.141. The molecule has 0 atom stereocenters. The van der Waals surface area contributed by atoms with Crippen molar-refractivity contribution in [2.75, 3.05) is 11.1 Å². The Morgan fingerprint density at radius 1 is 1.00 bits per heavy atom. The van der Waals surface area contributed by atoms with Gasteiger partial charge in [0.2, 0.25) is 5.91 Å². The van der Waals surface area contributed by atoms with Crippen LogP contribution in [0, 0.1) is 0 Å². The Morgan fingerprint density at radius 2 is 1.64 bits per heavy atom. The van der Waals surface area contributed by atoms with E-state index >= 15 is 0 Å². The topological polar surface area (TPSA) is 54.9 Å². The molecule has 0 aliphatic rings. The monoisotopic (exact) mass is 381 g/mol. The molecule has 0 unspecified atom stereocenters. The minimum absolute atomic E-state index is 0.128. The van der Waals surface area contributed by atoms with Crippen molar-refractivity contribution in [1.29, 1.82) is 0 Å². The highest BCUT2D eigenvalue weighted by Crippen LogP contribution is 2.30. The summed E-state index contributed by atoms with van der Waals surface area (Å²) < 4.78 is 74.8. The van der Waals surface area contributed by atoms with Crippen molar-refractivity contribution in [1.82, 2.24) is 9.97 Å². The first-order valence-electron chi connectivity index (χ1n) is 6.56. The van der Waals surface area contributed by atoms with Crippen LogP contribution in [0.5, 0.6) is 0 Å². The van der Waals surface area contributed by atoms with E-state index in [1.807, 2.05) is 0 Å². The van der Waals surface area contributed by atoms with Gasteiger partial charge >= 0.3 is 12.4 Å². The molecule has 1 N–H and O–H groups in total. The number of nitrogens with one attached hydrogen (secondary N) is 1. The van der Waals surface area contributed by atoms with Crippen LogP contribution < -0.4 is 5.32 Å². The van der Waals surface area contributed by atoms with Gasteiger partial charge in [-0.1, -0.05) is 11.8 Å². The fraction of sp³-hybridized carbons (Fsp3) is 0.214. The van der Waals surface area contributed by atoms with E-state index in [2.05, 4.69) is 15.3 Å². The molecule has 1 aromatic carbocycles. The normalized spacial score (nSPS) is 12.1. The Morgan fingerprint density at radius 3 is 2.20 bits per heavy atom. The van der Waals surface area contributed by atoms with Gasteiger partial charge in [0.05, 0.1) is 11.3 Å². The van der Waals surface area contributed by atoms with E-state index in [1.54, 1.807) is 0 Å². The number of benzene rings is 1. The van der Waals surface area contributed by atoms with Crippen LogP contribution in [-0.2, 0) is 17.1 Å². The minimum atomic E-state index is -4.62. The highest BCUT2D eigenvalue weighted by molar-refractivity contribution is 7.99. The molecule has 134 valence electrons. The fourth-order valence-corrected chi connectivity index (χ4v) is 2.27. The second-order valence-electron chi connectivity index (χ2n) is 4.63. The predicted molar refractivity (Wildman–Crippen MR) is 77.8 cm³/mol. The van der Waals surface area contributed by atoms with E-state index in [0.717, 1.165) is 30.5 Å². The molecule has 2 rings (SSSR count). The minimum Gasteiger partial charge on any atom is -0.325 e. The van der Waals surface area contributed by atoms with Gasteiger partial charge in [0.25, 0.3) is 0 Å². The lowest BCUT2D eigenvalue weighted by atomic mass is 10.2. The van der Waals surface area contributed by atoms with Gasteiger partial charge in [-0.15, -0.1) is 0 Å². The first-order valence-corrected chi connectivity index (χ1v) is 7.54. The largest absolute Gasteiger partial charge is 0.433 e. The Bertz CT molecular complexity index is 745. The number of thioether (sulfide) groups is 1. The van der Waals surface area contributed by atoms with Crippen LogP contribution in [0.25, 0.3) is 0 Å². The number of hydrogen-bond donors (Lipinski definition) is 1. The van der Waals surface area contributed by atoms with Crippen molar-refractivity contribution in [2.24, 2.45) is 0 Å². The highest BCUT2D eigenvalue weighted by Gasteiger charge is 2.33. The number of nitrogens with zero attached hydrogens (tertiary/aromatic N) is 2. The third-order valence-electron chi connectivity index (χ3n) is 2.75. The first kappa shape index (κ1) is 19.0. The Hall–Kier alpha value is -2.30. The summed E-state index contributed by atoms with van der Waals surface area (Å²) in [6.07, 6.45) is -8.19. The summed E-state index contributed by atoms with van der Waals surface area (Å²) in [7, 11) is 0. The fourth-order valence-electron chi connectivity index (χ4n) is 1.64. The smallest absolute Gasteiger partial charge is 0.325 e. The van der Waals surface area contributed by atoms with Crippen LogP contribution in [0.1, 0.15) is 11.3 Å². The lowest BCUT2D eigenvalue weighted by Gasteiger charge is -2.09. The first-order chi connectivity index (χ1) is 11.6. The summed E-state index contributed by atoms with van der Waals surface area (Å²) in [6.45, 7) is 0. The average Bonchev–Trinajstić information content (AvgIpc) is 2.52. The van der Waals surface area contributed by atoms with Crippen molar-refractivity contribution in [2.45, 2.75) is 17.5 Å². The van der Waals surface area contributed by atoms with Crippen LogP contribution in [0.3, 0.4) is 0 Å².